The third-order valence-electron chi connectivity index (χ3n) is 3.96. The molecule has 26 heavy (non-hydrogen) atoms. The van der Waals surface area contributed by atoms with Crippen LogP contribution in [0.2, 0.25) is 0 Å². The van der Waals surface area contributed by atoms with Gasteiger partial charge in [0.1, 0.15) is 17.4 Å². The van der Waals surface area contributed by atoms with E-state index in [1.807, 2.05) is 30.3 Å². The highest BCUT2D eigenvalue weighted by atomic mass is 32.2. The molecule has 2 aromatic carbocycles. The summed E-state index contributed by atoms with van der Waals surface area (Å²) < 4.78 is 50.8. The standard InChI is InChI=1S/C19H21F2NO3S/c1-22(13-16-9-10-17(20)12-18(16)21)19(23)14-26(24,25)11-5-8-15-6-3-2-4-7-15/h2-4,6-7,9-10,12H,5,8,11,13-14H2,1H3. The predicted octanol–water partition coefficient (Wildman–Crippen LogP) is 2.97. The largest absolute Gasteiger partial charge is 0.340 e. The van der Waals surface area contributed by atoms with Crippen molar-refractivity contribution in [2.24, 2.45) is 0 Å². The van der Waals surface area contributed by atoms with E-state index in [9.17, 15) is 22.0 Å². The van der Waals surface area contributed by atoms with Crippen LogP contribution in [0.25, 0.3) is 0 Å². The van der Waals surface area contributed by atoms with Crippen LogP contribution in [0.15, 0.2) is 48.5 Å². The topological polar surface area (TPSA) is 54.5 Å². The number of hydrogen-bond donors (Lipinski definition) is 0. The molecule has 0 saturated heterocycles. The number of benzene rings is 2. The predicted molar refractivity (Wildman–Crippen MR) is 96.2 cm³/mol. The molecule has 7 heteroatoms. The van der Waals surface area contributed by atoms with E-state index in [0.29, 0.717) is 12.8 Å². The lowest BCUT2D eigenvalue weighted by Gasteiger charge is -2.17. The van der Waals surface area contributed by atoms with Crippen molar-refractivity contribution in [2.45, 2.75) is 19.4 Å². The Morgan fingerprint density at radius 2 is 1.77 bits per heavy atom. The van der Waals surface area contributed by atoms with E-state index in [0.717, 1.165) is 22.6 Å². The molecule has 2 aromatic rings. The first kappa shape index (κ1) is 20.0. The fourth-order valence-corrected chi connectivity index (χ4v) is 3.83. The first-order valence-corrected chi connectivity index (χ1v) is 10.0. The SMILES string of the molecule is CN(Cc1ccc(F)cc1F)C(=O)CS(=O)(=O)CCCc1ccccc1. The van der Waals surface area contributed by atoms with E-state index in [4.69, 9.17) is 0 Å². The van der Waals surface area contributed by atoms with E-state index in [1.165, 1.54) is 13.1 Å². The Morgan fingerprint density at radius 3 is 2.42 bits per heavy atom. The zero-order valence-electron chi connectivity index (χ0n) is 14.5. The molecule has 0 aliphatic carbocycles. The van der Waals surface area contributed by atoms with E-state index in [-0.39, 0.29) is 17.9 Å². The molecule has 0 unspecified atom stereocenters. The number of sulfone groups is 1. The Labute approximate surface area is 152 Å². The summed E-state index contributed by atoms with van der Waals surface area (Å²) in [5.41, 5.74) is 1.17. The van der Waals surface area contributed by atoms with Gasteiger partial charge in [-0.25, -0.2) is 17.2 Å². The van der Waals surface area contributed by atoms with Gasteiger partial charge >= 0.3 is 0 Å². The van der Waals surface area contributed by atoms with Crippen molar-refractivity contribution in [3.63, 3.8) is 0 Å². The first-order chi connectivity index (χ1) is 12.3. The number of nitrogens with zero attached hydrogens (tertiary/aromatic N) is 1. The fourth-order valence-electron chi connectivity index (χ4n) is 2.50. The summed E-state index contributed by atoms with van der Waals surface area (Å²) in [4.78, 5) is 13.3. The molecule has 1 amide bonds. The van der Waals surface area contributed by atoms with Crippen LogP contribution in [0.1, 0.15) is 17.5 Å². The third kappa shape index (κ3) is 6.22. The van der Waals surface area contributed by atoms with Gasteiger partial charge in [0.2, 0.25) is 5.91 Å². The van der Waals surface area contributed by atoms with Crippen LogP contribution in [-0.4, -0.2) is 37.8 Å². The number of amides is 1. The Bertz CT molecular complexity index is 854. The molecule has 140 valence electrons. The number of hydrogen-bond acceptors (Lipinski definition) is 3. The molecule has 0 atom stereocenters. The maximum absolute atomic E-state index is 13.6. The van der Waals surface area contributed by atoms with Gasteiger partial charge < -0.3 is 4.90 Å². The number of halogens is 2. The summed E-state index contributed by atoms with van der Waals surface area (Å²) >= 11 is 0. The normalized spacial score (nSPS) is 11.3. The smallest absolute Gasteiger partial charge is 0.237 e. The van der Waals surface area contributed by atoms with Crippen LogP contribution in [0.3, 0.4) is 0 Å². The van der Waals surface area contributed by atoms with Gasteiger partial charge in [0.05, 0.1) is 5.75 Å². The molecule has 4 nitrogen and oxygen atoms in total. The second-order valence-electron chi connectivity index (χ2n) is 6.17. The van der Waals surface area contributed by atoms with Gasteiger partial charge in [0.25, 0.3) is 0 Å². The Hall–Kier alpha value is -2.28. The molecule has 0 aliphatic heterocycles. The van der Waals surface area contributed by atoms with Crippen LogP contribution < -0.4 is 0 Å². The van der Waals surface area contributed by atoms with Crippen molar-refractivity contribution >= 4 is 15.7 Å². The second kappa shape index (κ2) is 8.89. The number of carbonyl (C=O) groups excluding carboxylic acids is 1. The van der Waals surface area contributed by atoms with E-state index < -0.39 is 33.1 Å². The van der Waals surface area contributed by atoms with Crippen molar-refractivity contribution in [1.29, 1.82) is 0 Å². The van der Waals surface area contributed by atoms with Crippen molar-refractivity contribution in [2.75, 3.05) is 18.6 Å². The van der Waals surface area contributed by atoms with Gasteiger partial charge in [0, 0.05) is 25.2 Å². The van der Waals surface area contributed by atoms with Crippen LogP contribution >= 0.6 is 0 Å². The summed E-state index contributed by atoms with van der Waals surface area (Å²) in [5, 5.41) is 0. The third-order valence-corrected chi connectivity index (χ3v) is 5.55. The molecular formula is C19H21F2NO3S. The number of rotatable bonds is 8. The highest BCUT2D eigenvalue weighted by Gasteiger charge is 2.20. The summed E-state index contributed by atoms with van der Waals surface area (Å²) in [6, 6.07) is 12.6. The maximum atomic E-state index is 13.6. The quantitative estimate of drug-likeness (QED) is 0.706. The van der Waals surface area contributed by atoms with Crippen molar-refractivity contribution in [3.05, 3.63) is 71.3 Å². The van der Waals surface area contributed by atoms with E-state index in [1.54, 1.807) is 0 Å². The van der Waals surface area contributed by atoms with Crippen LogP contribution in [-0.2, 0) is 27.6 Å². The van der Waals surface area contributed by atoms with E-state index >= 15 is 0 Å². The Kier molecular flexibility index (Phi) is 6.85. The summed E-state index contributed by atoms with van der Waals surface area (Å²) in [6.07, 6.45) is 1.04. The van der Waals surface area contributed by atoms with Gasteiger partial charge in [-0.2, -0.15) is 0 Å². The minimum atomic E-state index is -3.55. The minimum absolute atomic E-state index is 0.0909. The molecule has 0 fully saturated rings. The average Bonchev–Trinajstić information content (AvgIpc) is 2.57. The lowest BCUT2D eigenvalue weighted by Crippen LogP contribution is -2.33. The maximum Gasteiger partial charge on any atom is 0.237 e. The highest BCUT2D eigenvalue weighted by molar-refractivity contribution is 7.92. The Balaban J connectivity index is 1.86. The van der Waals surface area contributed by atoms with Crippen molar-refractivity contribution in [3.8, 4) is 0 Å². The summed E-state index contributed by atoms with van der Waals surface area (Å²) in [5.74, 6) is -2.81. The lowest BCUT2D eigenvalue weighted by atomic mass is 10.1. The molecule has 0 spiro atoms. The molecule has 0 aromatic heterocycles. The first-order valence-electron chi connectivity index (χ1n) is 8.19. The molecule has 0 heterocycles. The molecule has 0 N–H and O–H groups in total. The van der Waals surface area contributed by atoms with Crippen molar-refractivity contribution in [1.82, 2.24) is 4.90 Å². The zero-order chi connectivity index (χ0) is 19.2. The van der Waals surface area contributed by atoms with Gasteiger partial charge in [-0.15, -0.1) is 0 Å². The zero-order valence-corrected chi connectivity index (χ0v) is 15.3. The lowest BCUT2D eigenvalue weighted by molar-refractivity contribution is -0.127. The molecular weight excluding hydrogens is 360 g/mol. The monoisotopic (exact) mass is 381 g/mol. The second-order valence-corrected chi connectivity index (χ2v) is 8.35. The van der Waals surface area contributed by atoms with E-state index in [2.05, 4.69) is 0 Å². The van der Waals surface area contributed by atoms with Crippen LogP contribution in [0.5, 0.6) is 0 Å². The summed E-state index contributed by atoms with van der Waals surface area (Å²) in [7, 11) is -2.16. The van der Waals surface area contributed by atoms with Gasteiger partial charge in [0.15, 0.2) is 9.84 Å². The van der Waals surface area contributed by atoms with Gasteiger partial charge in [-0.05, 0) is 24.5 Å². The molecule has 0 saturated carbocycles. The highest BCUT2D eigenvalue weighted by Crippen LogP contribution is 2.12. The molecule has 0 radical (unpaired) electrons. The molecule has 2 rings (SSSR count). The summed E-state index contributed by atoms with van der Waals surface area (Å²) in [6.45, 7) is -0.121. The number of carbonyl (C=O) groups is 1. The van der Waals surface area contributed by atoms with Gasteiger partial charge in [-0.3, -0.25) is 4.79 Å². The van der Waals surface area contributed by atoms with Gasteiger partial charge in [-0.1, -0.05) is 36.4 Å². The van der Waals surface area contributed by atoms with Crippen LogP contribution in [0, 0.1) is 11.6 Å². The minimum Gasteiger partial charge on any atom is -0.340 e. The van der Waals surface area contributed by atoms with Crippen molar-refractivity contribution < 1.29 is 22.0 Å². The fraction of sp³-hybridized carbons (Fsp3) is 0.316. The number of aryl methyl sites for hydroxylation is 1. The average molecular weight is 381 g/mol. The van der Waals surface area contributed by atoms with Crippen LogP contribution in [0.4, 0.5) is 8.78 Å². The molecule has 0 aliphatic rings. The Morgan fingerprint density at radius 1 is 1.08 bits per heavy atom. The molecule has 0 bridgehead atoms.